The molecule has 0 spiro atoms. The Morgan fingerprint density at radius 2 is 2.04 bits per heavy atom. The van der Waals surface area contributed by atoms with Crippen LogP contribution in [0, 0.1) is 24.1 Å². The van der Waals surface area contributed by atoms with Crippen LogP contribution < -0.4 is 4.74 Å². The molecule has 0 amide bonds. The first-order valence-corrected chi connectivity index (χ1v) is 9.33. The Hall–Kier alpha value is -2.82. The molecule has 1 N–H and O–H groups in total. The molecule has 0 aliphatic heterocycles. The maximum atomic E-state index is 14.3. The summed E-state index contributed by atoms with van der Waals surface area (Å²) in [6, 6.07) is 10.3. The minimum Gasteiger partial charge on any atom is -0.457 e. The number of aliphatic hydroxyl groups excluding tert-OH is 1. The molecule has 0 bridgehead atoms. The summed E-state index contributed by atoms with van der Waals surface area (Å²) >= 11 is 1.41. The number of aryl methyl sites for hydroxylation is 1. The van der Waals surface area contributed by atoms with Gasteiger partial charge in [0.1, 0.15) is 23.4 Å². The number of hydrogen-bond donors (Lipinski definition) is 1. The van der Waals surface area contributed by atoms with Gasteiger partial charge in [0, 0.05) is 28.5 Å². The lowest BCUT2D eigenvalue weighted by molar-refractivity contribution is -0.0966. The molecule has 3 aromatic rings. The molecule has 142 valence electrons. The molecule has 3 nitrogen and oxygen atoms in total. The third-order valence-electron chi connectivity index (χ3n) is 4.73. The summed E-state index contributed by atoms with van der Waals surface area (Å²) in [5.74, 6) is -3.86. The van der Waals surface area contributed by atoms with E-state index in [-0.39, 0.29) is 28.2 Å². The fourth-order valence-electron chi connectivity index (χ4n) is 3.44. The van der Waals surface area contributed by atoms with Crippen molar-refractivity contribution in [3.8, 4) is 28.0 Å². The molecule has 0 radical (unpaired) electrons. The highest BCUT2D eigenvalue weighted by Crippen LogP contribution is 2.51. The second-order valence-electron chi connectivity index (χ2n) is 6.67. The van der Waals surface area contributed by atoms with E-state index in [2.05, 4.69) is 0 Å². The second-order valence-corrected chi connectivity index (χ2v) is 7.58. The van der Waals surface area contributed by atoms with Gasteiger partial charge in [-0.05, 0) is 53.8 Å². The van der Waals surface area contributed by atoms with E-state index in [0.717, 1.165) is 22.6 Å². The first kappa shape index (κ1) is 18.5. The van der Waals surface area contributed by atoms with Gasteiger partial charge in [-0.3, -0.25) is 0 Å². The van der Waals surface area contributed by atoms with Crippen LogP contribution in [-0.4, -0.2) is 11.0 Å². The highest BCUT2D eigenvalue weighted by Gasteiger charge is 2.49. The van der Waals surface area contributed by atoms with Gasteiger partial charge in [-0.1, -0.05) is 0 Å². The Bertz CT molecular complexity index is 1120. The lowest BCUT2D eigenvalue weighted by Crippen LogP contribution is -2.21. The van der Waals surface area contributed by atoms with Crippen LogP contribution in [-0.2, 0) is 6.42 Å². The van der Waals surface area contributed by atoms with E-state index in [0.29, 0.717) is 5.56 Å². The van der Waals surface area contributed by atoms with Crippen LogP contribution in [0.5, 0.6) is 11.5 Å². The number of fused-ring (bicyclic) bond motifs is 1. The summed E-state index contributed by atoms with van der Waals surface area (Å²) in [7, 11) is 0. The number of rotatable bonds is 3. The first-order valence-electron chi connectivity index (χ1n) is 8.45. The first-order chi connectivity index (χ1) is 13.3. The molecule has 1 heterocycles. The van der Waals surface area contributed by atoms with Crippen LogP contribution in [0.1, 0.15) is 28.4 Å². The van der Waals surface area contributed by atoms with Gasteiger partial charge in [-0.25, -0.2) is 13.2 Å². The molecule has 7 heteroatoms. The number of nitrogens with zero attached hydrogens (tertiary/aromatic N) is 1. The Balaban J connectivity index is 1.85. The van der Waals surface area contributed by atoms with E-state index in [1.807, 2.05) is 24.4 Å². The SMILES string of the molecule is Cc1ccsc1-c1ccc(Oc2cc(F)cc(C#N)c2)c2c1C(O)C(F)(F)C2. The largest absolute Gasteiger partial charge is 0.457 e. The Kier molecular flexibility index (Phi) is 4.41. The van der Waals surface area contributed by atoms with Gasteiger partial charge in [0.2, 0.25) is 0 Å². The minimum atomic E-state index is -3.33. The van der Waals surface area contributed by atoms with Crippen molar-refractivity contribution < 1.29 is 23.0 Å². The summed E-state index contributed by atoms with van der Waals surface area (Å²) < 4.78 is 48.0. The van der Waals surface area contributed by atoms with Crippen molar-refractivity contribution in [3.05, 3.63) is 69.8 Å². The van der Waals surface area contributed by atoms with Gasteiger partial charge in [0.25, 0.3) is 5.92 Å². The van der Waals surface area contributed by atoms with Crippen molar-refractivity contribution in [2.75, 3.05) is 0 Å². The van der Waals surface area contributed by atoms with Gasteiger partial charge in [0.15, 0.2) is 0 Å². The van der Waals surface area contributed by atoms with Crippen LogP contribution in [0.4, 0.5) is 13.2 Å². The third-order valence-corrected chi connectivity index (χ3v) is 5.78. The number of nitriles is 1. The van der Waals surface area contributed by atoms with E-state index in [9.17, 15) is 18.3 Å². The monoisotopic (exact) mass is 401 g/mol. The number of ether oxygens (including phenoxy) is 1. The van der Waals surface area contributed by atoms with Crippen LogP contribution >= 0.6 is 11.3 Å². The average Bonchev–Trinajstić information content (AvgIpc) is 3.16. The molecule has 2 aromatic carbocycles. The molecule has 4 rings (SSSR count). The number of halogens is 3. The molecular formula is C21H14F3NO2S. The van der Waals surface area contributed by atoms with E-state index in [4.69, 9.17) is 10.00 Å². The third kappa shape index (κ3) is 3.05. The van der Waals surface area contributed by atoms with Gasteiger partial charge in [-0.2, -0.15) is 5.26 Å². The Morgan fingerprint density at radius 3 is 2.71 bits per heavy atom. The van der Waals surface area contributed by atoms with Crippen LogP contribution in [0.15, 0.2) is 41.8 Å². The fraction of sp³-hybridized carbons (Fsp3) is 0.190. The zero-order valence-corrected chi connectivity index (χ0v) is 15.5. The quantitative estimate of drug-likeness (QED) is 0.608. The van der Waals surface area contributed by atoms with Crippen LogP contribution in [0.2, 0.25) is 0 Å². The topological polar surface area (TPSA) is 53.2 Å². The van der Waals surface area contributed by atoms with Crippen molar-refractivity contribution in [1.29, 1.82) is 5.26 Å². The van der Waals surface area contributed by atoms with E-state index in [1.165, 1.54) is 17.4 Å². The van der Waals surface area contributed by atoms with Gasteiger partial charge >= 0.3 is 0 Å². The number of aliphatic hydroxyl groups is 1. The predicted octanol–water partition coefficient (Wildman–Crippen LogP) is 5.75. The number of hydrogen-bond acceptors (Lipinski definition) is 4. The van der Waals surface area contributed by atoms with Crippen molar-refractivity contribution in [2.24, 2.45) is 0 Å². The summed E-state index contributed by atoms with van der Waals surface area (Å²) in [4.78, 5) is 0.803. The van der Waals surface area contributed by atoms with Gasteiger partial charge in [0.05, 0.1) is 11.6 Å². The molecular weight excluding hydrogens is 387 g/mol. The summed E-state index contributed by atoms with van der Waals surface area (Å²) in [5.41, 5.74) is 1.84. The molecule has 0 saturated heterocycles. The molecule has 1 aliphatic rings. The van der Waals surface area contributed by atoms with Crippen molar-refractivity contribution in [2.45, 2.75) is 25.4 Å². The molecule has 0 fully saturated rings. The lowest BCUT2D eigenvalue weighted by atomic mass is 9.98. The zero-order chi connectivity index (χ0) is 20.1. The summed E-state index contributed by atoms with van der Waals surface area (Å²) in [5, 5.41) is 21.1. The van der Waals surface area contributed by atoms with Crippen molar-refractivity contribution >= 4 is 11.3 Å². The molecule has 28 heavy (non-hydrogen) atoms. The van der Waals surface area contributed by atoms with Crippen molar-refractivity contribution in [1.82, 2.24) is 0 Å². The number of alkyl halides is 2. The molecule has 1 unspecified atom stereocenters. The predicted molar refractivity (Wildman–Crippen MR) is 99.3 cm³/mol. The van der Waals surface area contributed by atoms with E-state index >= 15 is 0 Å². The second kappa shape index (κ2) is 6.66. The van der Waals surface area contributed by atoms with E-state index < -0.39 is 24.3 Å². The van der Waals surface area contributed by atoms with E-state index in [1.54, 1.807) is 12.1 Å². The molecule has 1 atom stereocenters. The van der Waals surface area contributed by atoms with Crippen molar-refractivity contribution in [3.63, 3.8) is 0 Å². The maximum Gasteiger partial charge on any atom is 0.281 e. The maximum absolute atomic E-state index is 14.3. The van der Waals surface area contributed by atoms with Gasteiger partial charge < -0.3 is 9.84 Å². The smallest absolute Gasteiger partial charge is 0.281 e. The Morgan fingerprint density at radius 1 is 1.25 bits per heavy atom. The zero-order valence-electron chi connectivity index (χ0n) is 14.7. The number of thiophene rings is 1. The number of benzene rings is 2. The average molecular weight is 401 g/mol. The highest BCUT2D eigenvalue weighted by molar-refractivity contribution is 7.13. The van der Waals surface area contributed by atoms with Crippen LogP contribution in [0.25, 0.3) is 10.4 Å². The highest BCUT2D eigenvalue weighted by atomic mass is 32.1. The van der Waals surface area contributed by atoms with Crippen LogP contribution in [0.3, 0.4) is 0 Å². The summed E-state index contributed by atoms with van der Waals surface area (Å²) in [6.45, 7) is 1.87. The minimum absolute atomic E-state index is 0.0310. The Labute approximate surface area is 163 Å². The molecule has 1 aliphatic carbocycles. The molecule has 0 saturated carbocycles. The normalized spacial score (nSPS) is 17.2. The standard InChI is InChI=1S/C21H14F3NO2S/c1-11-4-5-28-19(11)15-2-3-17(16-9-21(23,24)20(26)18(15)16)27-14-7-12(10-25)6-13(22)8-14/h2-8,20,26H,9H2,1H3. The lowest BCUT2D eigenvalue weighted by Gasteiger charge is -2.16. The van der Waals surface area contributed by atoms with Gasteiger partial charge in [-0.15, -0.1) is 11.3 Å². The fourth-order valence-corrected chi connectivity index (χ4v) is 4.41. The summed E-state index contributed by atoms with van der Waals surface area (Å²) in [6.07, 6.45) is -2.64. The molecule has 1 aromatic heterocycles.